The summed E-state index contributed by atoms with van der Waals surface area (Å²) in [6.07, 6.45) is 4.34. The maximum atomic E-state index is 13.8. The Kier molecular flexibility index (Phi) is 6.68. The summed E-state index contributed by atoms with van der Waals surface area (Å²) < 4.78 is 29.3. The highest BCUT2D eigenvalue weighted by Crippen LogP contribution is 2.45. The number of halogens is 2. The van der Waals surface area contributed by atoms with Crippen LogP contribution in [0, 0.1) is 17.8 Å². The number of aliphatic hydroxyl groups excluding tert-OH is 1. The fourth-order valence-electron chi connectivity index (χ4n) is 5.89. The van der Waals surface area contributed by atoms with Gasteiger partial charge in [0, 0.05) is 25.4 Å². The van der Waals surface area contributed by atoms with Crippen LogP contribution >= 0.6 is 23.2 Å². The highest BCUT2D eigenvalue weighted by molar-refractivity contribution is 7.89. The lowest BCUT2D eigenvalue weighted by atomic mass is 9.83. The molecule has 6 nitrogen and oxygen atoms in total. The molecule has 5 rings (SSSR count). The fraction of sp³-hybridized carbons (Fsp3) is 0.480. The van der Waals surface area contributed by atoms with Crippen LogP contribution < -0.4 is 5.32 Å². The molecule has 0 spiro atoms. The van der Waals surface area contributed by atoms with E-state index in [0.717, 1.165) is 18.4 Å². The van der Waals surface area contributed by atoms with Gasteiger partial charge in [0.1, 0.15) is 5.25 Å². The van der Waals surface area contributed by atoms with Gasteiger partial charge >= 0.3 is 0 Å². The van der Waals surface area contributed by atoms with Crippen LogP contribution in [0.5, 0.6) is 0 Å². The number of anilines is 1. The Balaban J connectivity index is 1.45. The van der Waals surface area contributed by atoms with E-state index in [0.29, 0.717) is 49.0 Å². The highest BCUT2D eigenvalue weighted by Gasteiger charge is 2.45. The molecule has 1 saturated heterocycles. The monoisotopic (exact) mass is 522 g/mol. The van der Waals surface area contributed by atoms with Gasteiger partial charge in [-0.25, -0.2) is 12.7 Å². The van der Waals surface area contributed by atoms with Gasteiger partial charge in [-0.2, -0.15) is 0 Å². The molecule has 1 aliphatic heterocycles. The third-order valence-corrected chi connectivity index (χ3v) is 10.5. The summed E-state index contributed by atoms with van der Waals surface area (Å²) in [5.41, 5.74) is 2.26. The molecule has 2 aromatic carbocycles. The van der Waals surface area contributed by atoms with Crippen molar-refractivity contribution in [2.24, 2.45) is 17.8 Å². The summed E-state index contributed by atoms with van der Waals surface area (Å²) >= 11 is 12.4. The molecule has 2 N–H and O–H groups in total. The number of fused-ring (bicyclic) bond motifs is 2. The summed E-state index contributed by atoms with van der Waals surface area (Å²) in [6, 6.07) is 10.2. The van der Waals surface area contributed by atoms with Crippen LogP contribution in [0.4, 0.5) is 5.69 Å². The van der Waals surface area contributed by atoms with E-state index in [1.807, 2.05) is 6.07 Å². The Morgan fingerprint density at radius 2 is 1.76 bits per heavy atom. The van der Waals surface area contributed by atoms with Crippen molar-refractivity contribution in [2.75, 3.05) is 25.0 Å². The number of carbonyl (C=O) groups excluding carboxylic acids is 1. The van der Waals surface area contributed by atoms with E-state index in [-0.39, 0.29) is 28.1 Å². The number of amides is 1. The lowest BCUT2D eigenvalue weighted by molar-refractivity contribution is 0.102. The number of sulfonamides is 1. The van der Waals surface area contributed by atoms with Crippen LogP contribution in [0.15, 0.2) is 36.4 Å². The van der Waals surface area contributed by atoms with Crippen LogP contribution in [-0.4, -0.2) is 43.4 Å². The van der Waals surface area contributed by atoms with Crippen LogP contribution in [-0.2, 0) is 16.4 Å². The predicted molar refractivity (Wildman–Crippen MR) is 134 cm³/mol. The summed E-state index contributed by atoms with van der Waals surface area (Å²) in [5, 5.41) is 12.4. The summed E-state index contributed by atoms with van der Waals surface area (Å²) in [4.78, 5) is 12.9. The molecule has 2 aromatic rings. The number of nitrogens with one attached hydrogen (secondary N) is 1. The first kappa shape index (κ1) is 24.1. The number of nitrogens with zero attached hydrogens (tertiary/aromatic N) is 1. The van der Waals surface area contributed by atoms with Gasteiger partial charge in [-0.1, -0.05) is 41.8 Å². The summed E-state index contributed by atoms with van der Waals surface area (Å²) in [6.45, 7) is 1.12. The molecule has 3 unspecified atom stereocenters. The van der Waals surface area contributed by atoms with E-state index >= 15 is 0 Å². The normalized spacial score (nSPS) is 26.8. The maximum Gasteiger partial charge on any atom is 0.258 e. The standard InChI is InChI=1S/C25H28Cl2N2O4S/c26-21-5-2-6-22(27)24(21)25(31)28-19-8-7-16-9-15(14-30)10-23(20(16)11-19)34(32,33)29-12-17-3-1-4-18(17)13-29/h2,5-8,11,15,17-18,23,30H,1,3-4,9-10,12-14H2,(H,28,31)/t15-,17?,18?,23?/m1/s1. The number of rotatable bonds is 5. The van der Waals surface area contributed by atoms with Crippen LogP contribution in [0.2, 0.25) is 10.0 Å². The number of benzene rings is 2. The third kappa shape index (κ3) is 4.37. The molecule has 4 atom stereocenters. The first-order chi connectivity index (χ1) is 16.3. The van der Waals surface area contributed by atoms with Gasteiger partial charge < -0.3 is 10.4 Å². The van der Waals surface area contributed by atoms with Crippen molar-refractivity contribution in [3.8, 4) is 0 Å². The minimum absolute atomic E-state index is 0.0554. The molecule has 0 radical (unpaired) electrons. The third-order valence-electron chi connectivity index (χ3n) is 7.67. The topological polar surface area (TPSA) is 86.7 Å². The molecule has 1 heterocycles. The van der Waals surface area contributed by atoms with Crippen LogP contribution in [0.3, 0.4) is 0 Å². The molecular weight excluding hydrogens is 495 g/mol. The SMILES string of the molecule is O=C(Nc1ccc2c(c1)C(S(=O)(=O)N1CC3CCCC3C1)C[C@H](CO)C2)c1c(Cl)cccc1Cl. The smallest absolute Gasteiger partial charge is 0.258 e. The molecule has 1 saturated carbocycles. The molecular formula is C25H28Cl2N2O4S. The number of hydrogen-bond donors (Lipinski definition) is 2. The van der Waals surface area contributed by atoms with Gasteiger partial charge in [0.05, 0.1) is 15.6 Å². The lowest BCUT2D eigenvalue weighted by Crippen LogP contribution is -2.37. The molecule has 2 fully saturated rings. The Hall–Kier alpha value is -1.64. The van der Waals surface area contributed by atoms with Gasteiger partial charge in [-0.15, -0.1) is 0 Å². The van der Waals surface area contributed by atoms with Gasteiger partial charge in [-0.05, 0) is 78.8 Å². The molecule has 34 heavy (non-hydrogen) atoms. The van der Waals surface area contributed by atoms with Crippen molar-refractivity contribution in [3.05, 3.63) is 63.1 Å². The van der Waals surface area contributed by atoms with Gasteiger partial charge in [0.25, 0.3) is 5.91 Å². The zero-order chi connectivity index (χ0) is 24.0. The van der Waals surface area contributed by atoms with E-state index in [9.17, 15) is 18.3 Å². The molecule has 3 aliphatic rings. The molecule has 0 aromatic heterocycles. The maximum absolute atomic E-state index is 13.8. The van der Waals surface area contributed by atoms with E-state index in [2.05, 4.69) is 5.32 Å². The number of hydrogen-bond acceptors (Lipinski definition) is 4. The largest absolute Gasteiger partial charge is 0.396 e. The molecule has 0 bridgehead atoms. The molecule has 2 aliphatic carbocycles. The highest BCUT2D eigenvalue weighted by atomic mass is 35.5. The van der Waals surface area contributed by atoms with E-state index in [1.165, 1.54) is 6.42 Å². The van der Waals surface area contributed by atoms with Crippen molar-refractivity contribution >= 4 is 44.8 Å². The average molecular weight is 523 g/mol. The molecule has 1 amide bonds. The van der Waals surface area contributed by atoms with Crippen LogP contribution in [0.1, 0.15) is 52.4 Å². The Morgan fingerprint density at radius 3 is 2.41 bits per heavy atom. The van der Waals surface area contributed by atoms with E-state index in [4.69, 9.17) is 23.2 Å². The Morgan fingerprint density at radius 1 is 1.09 bits per heavy atom. The zero-order valence-electron chi connectivity index (χ0n) is 18.7. The minimum atomic E-state index is -3.60. The van der Waals surface area contributed by atoms with Gasteiger partial charge in [0.2, 0.25) is 10.0 Å². The lowest BCUT2D eigenvalue weighted by Gasteiger charge is -2.33. The van der Waals surface area contributed by atoms with E-state index in [1.54, 1.807) is 34.6 Å². The van der Waals surface area contributed by atoms with Gasteiger partial charge in [0.15, 0.2) is 0 Å². The summed E-state index contributed by atoms with van der Waals surface area (Å²) in [5.74, 6) is 0.345. The second kappa shape index (κ2) is 9.43. The minimum Gasteiger partial charge on any atom is -0.396 e. The first-order valence-electron chi connectivity index (χ1n) is 11.8. The number of carbonyl (C=O) groups is 1. The van der Waals surface area contributed by atoms with Crippen molar-refractivity contribution in [2.45, 2.75) is 37.4 Å². The van der Waals surface area contributed by atoms with Crippen molar-refractivity contribution < 1.29 is 18.3 Å². The fourth-order valence-corrected chi connectivity index (χ4v) is 8.67. The quantitative estimate of drug-likeness (QED) is 0.584. The van der Waals surface area contributed by atoms with Crippen LogP contribution in [0.25, 0.3) is 0 Å². The van der Waals surface area contributed by atoms with Crippen molar-refractivity contribution in [1.82, 2.24) is 4.31 Å². The van der Waals surface area contributed by atoms with Gasteiger partial charge in [-0.3, -0.25) is 4.79 Å². The molecule has 9 heteroatoms. The Bertz CT molecular complexity index is 1190. The van der Waals surface area contributed by atoms with Crippen molar-refractivity contribution in [3.63, 3.8) is 0 Å². The van der Waals surface area contributed by atoms with Crippen molar-refractivity contribution in [1.29, 1.82) is 0 Å². The average Bonchev–Trinajstić information content (AvgIpc) is 3.41. The zero-order valence-corrected chi connectivity index (χ0v) is 21.0. The number of aliphatic hydroxyl groups is 1. The summed E-state index contributed by atoms with van der Waals surface area (Å²) in [7, 11) is -3.60. The second-order valence-corrected chi connectivity index (χ2v) is 12.7. The second-order valence-electron chi connectivity index (χ2n) is 9.75. The predicted octanol–water partition coefficient (Wildman–Crippen LogP) is 4.90. The van der Waals surface area contributed by atoms with E-state index < -0.39 is 21.2 Å². The first-order valence-corrected chi connectivity index (χ1v) is 14.0. The Labute approximate surface area is 210 Å². The molecule has 182 valence electrons.